The Morgan fingerprint density at radius 1 is 1.40 bits per heavy atom. The van der Waals surface area contributed by atoms with Gasteiger partial charge in [0, 0.05) is 4.88 Å². The van der Waals surface area contributed by atoms with Gasteiger partial charge in [0.15, 0.2) is 0 Å². The molecule has 0 spiro atoms. The van der Waals surface area contributed by atoms with Gasteiger partial charge >= 0.3 is 0 Å². The van der Waals surface area contributed by atoms with E-state index < -0.39 is 0 Å². The molecule has 1 rings (SSSR count). The Hall–Kier alpha value is 0.180. The highest BCUT2D eigenvalue weighted by Gasteiger charge is 2.02. The van der Waals surface area contributed by atoms with Crippen LogP contribution in [0.2, 0.25) is 0 Å². The molecular weight excluding hydrogens is 208 g/mol. The average Bonchev–Trinajstić information content (AvgIpc) is 2.30. The van der Waals surface area contributed by atoms with Gasteiger partial charge in [-0.1, -0.05) is 13.8 Å². The molecule has 56 valence electrons. The number of thiophene rings is 1. The van der Waals surface area contributed by atoms with Gasteiger partial charge in [0.25, 0.3) is 0 Å². The lowest BCUT2D eigenvalue weighted by Crippen LogP contribution is -1.80. The Bertz CT molecular complexity index is 194. The normalized spacial score (nSPS) is 10.3. The van der Waals surface area contributed by atoms with Crippen LogP contribution in [0.1, 0.15) is 24.3 Å². The minimum absolute atomic E-state index is 1.16. The van der Waals surface area contributed by atoms with Crippen molar-refractivity contribution in [2.45, 2.75) is 26.7 Å². The van der Waals surface area contributed by atoms with E-state index >= 15 is 0 Å². The van der Waals surface area contributed by atoms with Gasteiger partial charge in [-0.05, 0) is 40.4 Å². The molecule has 10 heavy (non-hydrogen) atoms. The molecule has 0 aromatic carbocycles. The monoisotopic (exact) mass is 218 g/mol. The molecule has 2 heteroatoms. The van der Waals surface area contributed by atoms with Crippen molar-refractivity contribution in [3.05, 3.63) is 20.3 Å². The number of hydrogen-bond donors (Lipinski definition) is 0. The summed E-state index contributed by atoms with van der Waals surface area (Å²) in [5.41, 5.74) is 1.50. The van der Waals surface area contributed by atoms with Crippen molar-refractivity contribution in [3.63, 3.8) is 0 Å². The molecule has 0 N–H and O–H groups in total. The van der Waals surface area contributed by atoms with E-state index in [-0.39, 0.29) is 0 Å². The zero-order valence-electron chi connectivity index (χ0n) is 6.28. The van der Waals surface area contributed by atoms with Crippen LogP contribution in [0.4, 0.5) is 0 Å². The van der Waals surface area contributed by atoms with Crippen molar-refractivity contribution >= 4 is 27.3 Å². The summed E-state index contributed by atoms with van der Waals surface area (Å²) < 4.78 is 1.27. The summed E-state index contributed by atoms with van der Waals surface area (Å²) in [5, 5.41) is 0. The molecule has 0 radical (unpaired) electrons. The van der Waals surface area contributed by atoms with Crippen LogP contribution >= 0.6 is 27.3 Å². The highest BCUT2D eigenvalue weighted by Crippen LogP contribution is 2.27. The predicted octanol–water partition coefficient (Wildman–Crippen LogP) is 3.64. The van der Waals surface area contributed by atoms with Crippen molar-refractivity contribution in [3.8, 4) is 0 Å². The molecule has 0 fully saturated rings. The molecule has 0 nitrogen and oxygen atoms in total. The summed E-state index contributed by atoms with van der Waals surface area (Å²) >= 11 is 5.34. The van der Waals surface area contributed by atoms with Gasteiger partial charge in [0.2, 0.25) is 0 Å². The van der Waals surface area contributed by atoms with E-state index in [9.17, 15) is 0 Å². The molecule has 0 aliphatic carbocycles. The fourth-order valence-electron chi connectivity index (χ4n) is 1.03. The summed E-state index contributed by atoms with van der Waals surface area (Å²) in [6, 6.07) is 2.23. The van der Waals surface area contributed by atoms with Crippen LogP contribution in [0.15, 0.2) is 9.85 Å². The third-order valence-corrected chi connectivity index (χ3v) is 3.39. The summed E-state index contributed by atoms with van der Waals surface area (Å²) in [4.78, 5) is 1.52. The second-order valence-corrected chi connectivity index (χ2v) is 4.72. The predicted molar refractivity (Wildman–Crippen MR) is 50.8 cm³/mol. The van der Waals surface area contributed by atoms with E-state index in [1.807, 2.05) is 11.3 Å². The van der Waals surface area contributed by atoms with Gasteiger partial charge in [-0.3, -0.25) is 0 Å². The Morgan fingerprint density at radius 2 is 2.10 bits per heavy atom. The van der Waals surface area contributed by atoms with Gasteiger partial charge < -0.3 is 0 Å². The standard InChI is InChI=1S/C8H11BrS/c1-3-6-5-8(9)10-7(6)4-2/h5H,3-4H2,1-2H3. The second kappa shape index (κ2) is 3.54. The summed E-state index contributed by atoms with van der Waals surface area (Å²) in [6.07, 6.45) is 2.32. The van der Waals surface area contributed by atoms with Crippen LogP contribution in [-0.2, 0) is 12.8 Å². The van der Waals surface area contributed by atoms with Crippen LogP contribution in [-0.4, -0.2) is 0 Å². The maximum Gasteiger partial charge on any atom is 0.0704 e. The first-order chi connectivity index (χ1) is 4.77. The van der Waals surface area contributed by atoms with E-state index in [2.05, 4.69) is 35.8 Å². The minimum Gasteiger partial charge on any atom is -0.133 e. The Kier molecular flexibility index (Phi) is 2.93. The Morgan fingerprint density at radius 3 is 2.50 bits per heavy atom. The summed E-state index contributed by atoms with van der Waals surface area (Å²) in [6.45, 7) is 4.41. The molecule has 0 saturated heterocycles. The first-order valence-corrected chi connectivity index (χ1v) is 5.16. The topological polar surface area (TPSA) is 0 Å². The van der Waals surface area contributed by atoms with E-state index in [0.717, 1.165) is 6.42 Å². The maximum absolute atomic E-state index is 3.48. The molecular formula is C8H11BrS. The Balaban J connectivity index is 2.96. The quantitative estimate of drug-likeness (QED) is 0.712. The zero-order chi connectivity index (χ0) is 7.56. The number of aryl methyl sites for hydroxylation is 2. The van der Waals surface area contributed by atoms with E-state index in [1.54, 1.807) is 0 Å². The highest BCUT2D eigenvalue weighted by molar-refractivity contribution is 9.11. The van der Waals surface area contributed by atoms with Gasteiger partial charge in [0.1, 0.15) is 0 Å². The molecule has 0 amide bonds. The largest absolute Gasteiger partial charge is 0.133 e. The molecule has 0 saturated carbocycles. The van der Waals surface area contributed by atoms with Crippen LogP contribution in [0.5, 0.6) is 0 Å². The number of halogens is 1. The van der Waals surface area contributed by atoms with Gasteiger partial charge in [-0.25, -0.2) is 0 Å². The van der Waals surface area contributed by atoms with Gasteiger partial charge in [-0.2, -0.15) is 0 Å². The summed E-state index contributed by atoms with van der Waals surface area (Å²) in [5.74, 6) is 0. The average molecular weight is 219 g/mol. The number of rotatable bonds is 2. The van der Waals surface area contributed by atoms with E-state index in [1.165, 1.54) is 20.6 Å². The van der Waals surface area contributed by atoms with Crippen molar-refractivity contribution < 1.29 is 0 Å². The van der Waals surface area contributed by atoms with Crippen molar-refractivity contribution in [1.82, 2.24) is 0 Å². The molecule has 0 atom stereocenters. The van der Waals surface area contributed by atoms with E-state index in [0.29, 0.717) is 0 Å². The second-order valence-electron chi connectivity index (χ2n) is 2.21. The van der Waals surface area contributed by atoms with Crippen molar-refractivity contribution in [1.29, 1.82) is 0 Å². The lowest BCUT2D eigenvalue weighted by Gasteiger charge is -1.92. The smallest absolute Gasteiger partial charge is 0.0704 e. The van der Waals surface area contributed by atoms with Crippen LogP contribution in [0, 0.1) is 0 Å². The first kappa shape index (κ1) is 8.28. The van der Waals surface area contributed by atoms with Gasteiger partial charge in [0.05, 0.1) is 3.79 Å². The van der Waals surface area contributed by atoms with Gasteiger partial charge in [-0.15, -0.1) is 11.3 Å². The van der Waals surface area contributed by atoms with E-state index in [4.69, 9.17) is 0 Å². The fourth-order valence-corrected chi connectivity index (χ4v) is 2.81. The molecule has 0 bridgehead atoms. The molecule has 1 aromatic rings. The van der Waals surface area contributed by atoms with Crippen LogP contribution < -0.4 is 0 Å². The lowest BCUT2D eigenvalue weighted by molar-refractivity contribution is 1.07. The van der Waals surface area contributed by atoms with Crippen molar-refractivity contribution in [2.24, 2.45) is 0 Å². The lowest BCUT2D eigenvalue weighted by atomic mass is 10.2. The van der Waals surface area contributed by atoms with Crippen molar-refractivity contribution in [2.75, 3.05) is 0 Å². The van der Waals surface area contributed by atoms with Crippen LogP contribution in [0.25, 0.3) is 0 Å². The maximum atomic E-state index is 3.48. The molecule has 0 aliphatic rings. The Labute approximate surface area is 74.4 Å². The highest BCUT2D eigenvalue weighted by atomic mass is 79.9. The first-order valence-electron chi connectivity index (χ1n) is 3.55. The summed E-state index contributed by atoms with van der Waals surface area (Å²) in [7, 11) is 0. The molecule has 1 aromatic heterocycles. The zero-order valence-corrected chi connectivity index (χ0v) is 8.68. The molecule has 1 heterocycles. The third kappa shape index (κ3) is 1.61. The third-order valence-electron chi connectivity index (χ3n) is 1.57. The SMILES string of the molecule is CCc1cc(Br)sc1CC. The van der Waals surface area contributed by atoms with Crippen LogP contribution in [0.3, 0.4) is 0 Å². The minimum atomic E-state index is 1.16. The number of hydrogen-bond acceptors (Lipinski definition) is 1. The molecule has 0 aliphatic heterocycles. The molecule has 0 unspecified atom stereocenters. The fraction of sp³-hybridized carbons (Fsp3) is 0.500.